The van der Waals surface area contributed by atoms with E-state index in [1.165, 1.54) is 12.1 Å². The zero-order valence-electron chi connectivity index (χ0n) is 21.5. The molecule has 1 atom stereocenters. The molecule has 1 fully saturated rings. The Morgan fingerprint density at radius 2 is 1.56 bits per heavy atom. The largest absolute Gasteiger partial charge is 0.344 e. The quantitative estimate of drug-likeness (QED) is 0.204. The normalized spacial score (nSPS) is 17.6. The second kappa shape index (κ2) is 12.9. The van der Waals surface area contributed by atoms with Gasteiger partial charge in [0, 0.05) is 41.3 Å². The standard InChI is InChI=1S/C30H32N4O5/c31-19-20-9-11-24(12-10-20)29(36)33-27(18-21-5-4-8-26(17-21)34(38)39)30(37)32-25-15-13-23(14-16-25)28(35)22-6-2-1-3-7-22/h1-8,13-17,20,24,27H,9-12,18-19,31H2,(H,32,37)(H,33,36). The molecule has 0 aromatic heterocycles. The highest BCUT2D eigenvalue weighted by molar-refractivity contribution is 6.09. The van der Waals surface area contributed by atoms with Crippen molar-refractivity contribution < 1.29 is 19.3 Å². The average Bonchev–Trinajstić information content (AvgIpc) is 2.97. The smallest absolute Gasteiger partial charge is 0.269 e. The van der Waals surface area contributed by atoms with Gasteiger partial charge in [-0.05, 0) is 68.0 Å². The summed E-state index contributed by atoms with van der Waals surface area (Å²) < 4.78 is 0. The number of ketones is 1. The van der Waals surface area contributed by atoms with Gasteiger partial charge in [0.25, 0.3) is 5.69 Å². The second-order valence-electron chi connectivity index (χ2n) is 9.91. The summed E-state index contributed by atoms with van der Waals surface area (Å²) in [6, 6.07) is 20.5. The summed E-state index contributed by atoms with van der Waals surface area (Å²) in [6.07, 6.45) is 3.22. The monoisotopic (exact) mass is 528 g/mol. The van der Waals surface area contributed by atoms with Gasteiger partial charge >= 0.3 is 0 Å². The SMILES string of the molecule is NCC1CCC(C(=O)NC(Cc2cccc([N+](=O)[O-])c2)C(=O)Nc2ccc(C(=O)c3ccccc3)cc2)CC1. The van der Waals surface area contributed by atoms with Crippen molar-refractivity contribution in [1.29, 1.82) is 0 Å². The van der Waals surface area contributed by atoms with E-state index in [1.807, 2.05) is 6.07 Å². The van der Waals surface area contributed by atoms with Crippen LogP contribution in [0.2, 0.25) is 0 Å². The van der Waals surface area contributed by atoms with Crippen LogP contribution < -0.4 is 16.4 Å². The summed E-state index contributed by atoms with van der Waals surface area (Å²) in [5, 5.41) is 16.9. The number of rotatable bonds is 10. The lowest BCUT2D eigenvalue weighted by Gasteiger charge is -2.28. The number of nitro benzene ring substituents is 1. The zero-order chi connectivity index (χ0) is 27.8. The van der Waals surface area contributed by atoms with E-state index in [2.05, 4.69) is 10.6 Å². The van der Waals surface area contributed by atoms with Gasteiger partial charge in [-0.25, -0.2) is 0 Å². The predicted octanol–water partition coefficient (Wildman–Crippen LogP) is 4.26. The first-order valence-electron chi connectivity index (χ1n) is 13.1. The number of nitrogens with two attached hydrogens (primary N) is 1. The lowest BCUT2D eigenvalue weighted by atomic mass is 9.81. The van der Waals surface area contributed by atoms with E-state index in [9.17, 15) is 24.5 Å². The number of non-ortho nitro benzene ring substituents is 1. The highest BCUT2D eigenvalue weighted by atomic mass is 16.6. The fraction of sp³-hybridized carbons (Fsp3) is 0.300. The Labute approximate surface area is 226 Å². The fourth-order valence-corrected chi connectivity index (χ4v) is 4.88. The Kier molecular flexibility index (Phi) is 9.17. The number of benzene rings is 3. The van der Waals surface area contributed by atoms with E-state index in [-0.39, 0.29) is 29.7 Å². The third-order valence-corrected chi connectivity index (χ3v) is 7.20. The minimum Gasteiger partial charge on any atom is -0.344 e. The van der Waals surface area contributed by atoms with E-state index in [4.69, 9.17) is 5.73 Å². The molecule has 39 heavy (non-hydrogen) atoms. The average molecular weight is 529 g/mol. The molecule has 2 amide bonds. The number of hydrogen-bond acceptors (Lipinski definition) is 6. The molecule has 4 rings (SSSR count). The first-order valence-corrected chi connectivity index (χ1v) is 13.1. The minimum atomic E-state index is -0.947. The first kappa shape index (κ1) is 27.7. The van der Waals surface area contributed by atoms with Crippen LogP contribution in [0, 0.1) is 22.0 Å². The molecule has 1 aliphatic rings. The van der Waals surface area contributed by atoms with Crippen LogP contribution in [0.3, 0.4) is 0 Å². The Bertz CT molecular complexity index is 1320. The molecule has 3 aromatic carbocycles. The molecule has 1 saturated carbocycles. The van der Waals surface area contributed by atoms with Crippen LogP contribution in [0.5, 0.6) is 0 Å². The van der Waals surface area contributed by atoms with E-state index in [1.54, 1.807) is 60.7 Å². The van der Waals surface area contributed by atoms with Crippen molar-refractivity contribution in [1.82, 2.24) is 5.32 Å². The molecule has 9 heteroatoms. The first-order chi connectivity index (χ1) is 18.8. The fourth-order valence-electron chi connectivity index (χ4n) is 4.88. The number of nitrogens with zero attached hydrogens (tertiary/aromatic N) is 1. The van der Waals surface area contributed by atoms with E-state index < -0.39 is 16.9 Å². The van der Waals surface area contributed by atoms with Crippen LogP contribution in [0.1, 0.15) is 47.2 Å². The molecule has 0 saturated heterocycles. The van der Waals surface area contributed by atoms with Crippen molar-refractivity contribution in [3.8, 4) is 0 Å². The molecule has 0 bridgehead atoms. The van der Waals surface area contributed by atoms with Gasteiger partial charge in [0.05, 0.1) is 4.92 Å². The maximum absolute atomic E-state index is 13.3. The van der Waals surface area contributed by atoms with Crippen molar-refractivity contribution in [2.45, 2.75) is 38.1 Å². The molecule has 1 unspecified atom stereocenters. The van der Waals surface area contributed by atoms with Crippen LogP contribution in [0.4, 0.5) is 11.4 Å². The van der Waals surface area contributed by atoms with Crippen molar-refractivity contribution in [3.05, 3.63) is 106 Å². The van der Waals surface area contributed by atoms with Crippen LogP contribution in [0.25, 0.3) is 0 Å². The van der Waals surface area contributed by atoms with Crippen LogP contribution in [0.15, 0.2) is 78.9 Å². The molecule has 0 heterocycles. The summed E-state index contributed by atoms with van der Waals surface area (Å²) in [5.41, 5.74) is 7.75. The number of amides is 2. The number of hydrogen-bond donors (Lipinski definition) is 3. The van der Waals surface area contributed by atoms with E-state index in [0.29, 0.717) is 47.7 Å². The van der Waals surface area contributed by atoms with Gasteiger partial charge in [-0.1, -0.05) is 42.5 Å². The van der Waals surface area contributed by atoms with Crippen LogP contribution in [-0.2, 0) is 16.0 Å². The second-order valence-corrected chi connectivity index (χ2v) is 9.91. The number of carbonyl (C=O) groups is 3. The van der Waals surface area contributed by atoms with Gasteiger partial charge in [0.15, 0.2) is 5.78 Å². The number of nitro groups is 1. The lowest BCUT2D eigenvalue weighted by molar-refractivity contribution is -0.384. The highest BCUT2D eigenvalue weighted by Crippen LogP contribution is 2.28. The highest BCUT2D eigenvalue weighted by Gasteiger charge is 2.29. The van der Waals surface area contributed by atoms with Crippen molar-refractivity contribution in [2.24, 2.45) is 17.6 Å². The summed E-state index contributed by atoms with van der Waals surface area (Å²) in [6.45, 7) is 0.599. The summed E-state index contributed by atoms with van der Waals surface area (Å²) in [4.78, 5) is 49.9. The summed E-state index contributed by atoms with van der Waals surface area (Å²) in [7, 11) is 0. The molecule has 1 aliphatic carbocycles. The van der Waals surface area contributed by atoms with E-state index in [0.717, 1.165) is 12.8 Å². The van der Waals surface area contributed by atoms with Crippen LogP contribution in [-0.4, -0.2) is 35.1 Å². The molecular weight excluding hydrogens is 496 g/mol. The van der Waals surface area contributed by atoms with Gasteiger partial charge in [0.2, 0.25) is 11.8 Å². The van der Waals surface area contributed by atoms with Crippen molar-refractivity contribution >= 4 is 29.0 Å². The maximum Gasteiger partial charge on any atom is 0.269 e. The van der Waals surface area contributed by atoms with Gasteiger partial charge in [-0.3, -0.25) is 24.5 Å². The minimum absolute atomic E-state index is 0.0853. The molecule has 0 radical (unpaired) electrons. The Morgan fingerprint density at radius 3 is 2.21 bits per heavy atom. The Hall–Kier alpha value is -4.37. The van der Waals surface area contributed by atoms with Crippen molar-refractivity contribution in [3.63, 3.8) is 0 Å². The maximum atomic E-state index is 13.3. The zero-order valence-corrected chi connectivity index (χ0v) is 21.5. The molecular formula is C30H32N4O5. The molecule has 0 spiro atoms. The van der Waals surface area contributed by atoms with Gasteiger partial charge < -0.3 is 16.4 Å². The van der Waals surface area contributed by atoms with Gasteiger partial charge in [-0.15, -0.1) is 0 Å². The predicted molar refractivity (Wildman–Crippen MR) is 148 cm³/mol. The number of anilines is 1. The summed E-state index contributed by atoms with van der Waals surface area (Å²) >= 11 is 0. The lowest BCUT2D eigenvalue weighted by Crippen LogP contribution is -2.48. The third kappa shape index (κ3) is 7.36. The molecule has 3 aromatic rings. The Balaban J connectivity index is 1.48. The number of nitrogens with one attached hydrogen (secondary N) is 2. The molecule has 9 nitrogen and oxygen atoms in total. The number of carbonyl (C=O) groups excluding carboxylic acids is 3. The van der Waals surface area contributed by atoms with Crippen molar-refractivity contribution in [2.75, 3.05) is 11.9 Å². The third-order valence-electron chi connectivity index (χ3n) is 7.20. The molecule has 4 N–H and O–H groups in total. The summed E-state index contributed by atoms with van der Waals surface area (Å²) in [5.74, 6) is -0.590. The molecule has 0 aliphatic heterocycles. The topological polar surface area (TPSA) is 144 Å². The van der Waals surface area contributed by atoms with Gasteiger partial charge in [0.1, 0.15) is 6.04 Å². The Morgan fingerprint density at radius 1 is 0.897 bits per heavy atom. The van der Waals surface area contributed by atoms with Gasteiger partial charge in [-0.2, -0.15) is 0 Å². The van der Waals surface area contributed by atoms with Crippen LogP contribution >= 0.6 is 0 Å². The van der Waals surface area contributed by atoms with E-state index >= 15 is 0 Å². The molecule has 202 valence electrons.